The van der Waals surface area contributed by atoms with Gasteiger partial charge in [-0.05, 0) is 44.2 Å². The van der Waals surface area contributed by atoms with Gasteiger partial charge in [0.15, 0.2) is 0 Å². The van der Waals surface area contributed by atoms with Crippen LogP contribution in [0, 0.1) is 6.92 Å². The van der Waals surface area contributed by atoms with Gasteiger partial charge in [0.1, 0.15) is 12.9 Å². The number of rotatable bonds is 4. The molecule has 0 aliphatic carbocycles. The van der Waals surface area contributed by atoms with E-state index in [2.05, 4.69) is 20.3 Å². The molecule has 2 aromatic heterocycles. The molecule has 176 valence electrons. The van der Waals surface area contributed by atoms with E-state index in [1.165, 1.54) is 18.3 Å². The summed E-state index contributed by atoms with van der Waals surface area (Å²) < 4.78 is 43.9. The van der Waals surface area contributed by atoms with Crippen molar-refractivity contribution < 1.29 is 27.5 Å². The van der Waals surface area contributed by atoms with Crippen LogP contribution in [0.5, 0.6) is 5.88 Å². The van der Waals surface area contributed by atoms with E-state index in [4.69, 9.17) is 4.74 Å². The van der Waals surface area contributed by atoms with E-state index in [0.29, 0.717) is 28.2 Å². The fraction of sp³-hybridized carbons (Fsp3) is 0.261. The Morgan fingerprint density at radius 2 is 1.94 bits per heavy atom. The largest absolute Gasteiger partial charge is 0.480 e. The quantitative estimate of drug-likeness (QED) is 0.619. The highest BCUT2D eigenvalue weighted by atomic mass is 19.4. The average Bonchev–Trinajstić information content (AvgIpc) is 2.88. The van der Waals surface area contributed by atoms with Crippen molar-refractivity contribution in [1.82, 2.24) is 15.0 Å². The number of carbonyl (C=O) groups excluding carboxylic acids is 2. The number of hydrogen-bond acceptors (Lipinski definition) is 6. The van der Waals surface area contributed by atoms with Gasteiger partial charge in [0.2, 0.25) is 17.7 Å². The number of methoxy groups -OCH3 is 1. The van der Waals surface area contributed by atoms with Crippen molar-refractivity contribution in [2.75, 3.05) is 23.9 Å². The highest BCUT2D eigenvalue weighted by Crippen LogP contribution is 2.44. The highest BCUT2D eigenvalue weighted by molar-refractivity contribution is 6.09. The van der Waals surface area contributed by atoms with Crippen LogP contribution < -0.4 is 15.0 Å². The topological polar surface area (TPSA) is 97.3 Å². The first-order valence-electron chi connectivity index (χ1n) is 10.2. The third kappa shape index (κ3) is 4.28. The number of fused-ring (bicyclic) bond motifs is 3. The van der Waals surface area contributed by atoms with Gasteiger partial charge < -0.3 is 15.0 Å². The van der Waals surface area contributed by atoms with Gasteiger partial charge in [-0.15, -0.1) is 0 Å². The number of halogens is 3. The Morgan fingerprint density at radius 3 is 2.59 bits per heavy atom. The number of pyridine rings is 1. The van der Waals surface area contributed by atoms with Gasteiger partial charge in [-0.3, -0.25) is 9.59 Å². The van der Waals surface area contributed by atoms with Crippen LogP contribution in [0.3, 0.4) is 0 Å². The Bertz CT molecular complexity index is 1260. The molecule has 0 fully saturated rings. The Hall–Kier alpha value is -4.02. The number of amides is 2. The van der Waals surface area contributed by atoms with Crippen molar-refractivity contribution in [2.45, 2.75) is 25.9 Å². The monoisotopic (exact) mass is 471 g/mol. The fourth-order valence-electron chi connectivity index (χ4n) is 3.84. The second kappa shape index (κ2) is 8.73. The number of nitrogens with one attached hydrogen (secondary N) is 1. The minimum atomic E-state index is -4.48. The zero-order valence-electron chi connectivity index (χ0n) is 18.5. The predicted molar refractivity (Wildman–Crippen MR) is 117 cm³/mol. The summed E-state index contributed by atoms with van der Waals surface area (Å²) in [7, 11) is 1.45. The van der Waals surface area contributed by atoms with E-state index >= 15 is 0 Å². The van der Waals surface area contributed by atoms with Crippen LogP contribution >= 0.6 is 0 Å². The fourth-order valence-corrected chi connectivity index (χ4v) is 3.84. The lowest BCUT2D eigenvalue weighted by molar-refractivity contribution is -0.137. The lowest BCUT2D eigenvalue weighted by Crippen LogP contribution is -2.40. The lowest BCUT2D eigenvalue weighted by Gasteiger charge is -2.25. The van der Waals surface area contributed by atoms with Crippen molar-refractivity contribution in [3.8, 4) is 17.0 Å². The van der Waals surface area contributed by atoms with Gasteiger partial charge in [-0.2, -0.15) is 13.2 Å². The minimum Gasteiger partial charge on any atom is -0.480 e. The van der Waals surface area contributed by atoms with Crippen LogP contribution in [-0.2, 0) is 15.8 Å². The predicted octanol–water partition coefficient (Wildman–Crippen LogP) is 3.96. The van der Waals surface area contributed by atoms with E-state index in [1.807, 2.05) is 0 Å². The molecule has 1 N–H and O–H groups in total. The zero-order valence-corrected chi connectivity index (χ0v) is 18.5. The Balaban J connectivity index is 1.70. The molecular formula is C23H20F3N5O3. The second-order valence-electron chi connectivity index (χ2n) is 7.76. The van der Waals surface area contributed by atoms with Gasteiger partial charge in [0.05, 0.1) is 35.5 Å². The first kappa shape index (κ1) is 23.1. The molecule has 0 spiro atoms. The second-order valence-corrected chi connectivity index (χ2v) is 7.76. The number of hydrogen-bond donors (Lipinski definition) is 1. The summed E-state index contributed by atoms with van der Waals surface area (Å²) in [5.74, 6) is -1.42. The third-order valence-corrected chi connectivity index (χ3v) is 5.43. The molecule has 34 heavy (non-hydrogen) atoms. The third-order valence-electron chi connectivity index (χ3n) is 5.43. The first-order chi connectivity index (χ1) is 16.1. The number of carbonyl (C=O) groups is 2. The summed E-state index contributed by atoms with van der Waals surface area (Å²) in [5.41, 5.74) is 1.81. The molecule has 0 saturated carbocycles. The van der Waals surface area contributed by atoms with Gasteiger partial charge >= 0.3 is 6.18 Å². The highest BCUT2D eigenvalue weighted by Gasteiger charge is 2.36. The molecule has 1 atom stereocenters. The number of nitrogens with zero attached hydrogens (tertiary/aromatic N) is 4. The summed E-state index contributed by atoms with van der Waals surface area (Å²) in [6, 6.07) is 5.72. The number of anilines is 2. The molecular weight excluding hydrogens is 451 g/mol. The SMILES string of the molecule is COc1nc(C)cc2c1-c1cncnc1C(C)C(=O)N2CC(=O)Nc1ccc(C(F)(F)F)cc1. The molecule has 8 nitrogen and oxygen atoms in total. The lowest BCUT2D eigenvalue weighted by atomic mass is 9.99. The molecule has 2 amide bonds. The van der Waals surface area contributed by atoms with Crippen LogP contribution in [0.1, 0.15) is 29.8 Å². The maximum Gasteiger partial charge on any atom is 0.416 e. The van der Waals surface area contributed by atoms with Crippen LogP contribution in [-0.4, -0.2) is 40.4 Å². The normalized spacial score (nSPS) is 15.3. The van der Waals surface area contributed by atoms with E-state index in [9.17, 15) is 22.8 Å². The van der Waals surface area contributed by atoms with Crippen molar-refractivity contribution in [3.63, 3.8) is 0 Å². The molecule has 3 aromatic rings. The minimum absolute atomic E-state index is 0.172. The molecule has 0 radical (unpaired) electrons. The molecule has 1 aliphatic heterocycles. The van der Waals surface area contributed by atoms with Crippen molar-refractivity contribution in [1.29, 1.82) is 0 Å². The summed E-state index contributed by atoms with van der Waals surface area (Å²) in [6.07, 6.45) is -1.58. The van der Waals surface area contributed by atoms with Crippen LogP contribution in [0.25, 0.3) is 11.1 Å². The van der Waals surface area contributed by atoms with Crippen molar-refractivity contribution in [3.05, 3.63) is 59.8 Å². The molecule has 4 rings (SSSR count). The smallest absolute Gasteiger partial charge is 0.416 e. The van der Waals surface area contributed by atoms with E-state index in [1.54, 1.807) is 26.1 Å². The molecule has 1 unspecified atom stereocenters. The maximum atomic E-state index is 13.4. The first-order valence-corrected chi connectivity index (χ1v) is 10.2. The molecule has 1 aliphatic rings. The number of ether oxygens (including phenoxy) is 1. The van der Waals surface area contributed by atoms with Gasteiger partial charge in [0, 0.05) is 23.1 Å². The summed E-state index contributed by atoms with van der Waals surface area (Å²) in [4.78, 5) is 40.3. The Kier molecular flexibility index (Phi) is 5.94. The summed E-state index contributed by atoms with van der Waals surface area (Å²) in [5, 5.41) is 2.54. The van der Waals surface area contributed by atoms with Crippen molar-refractivity contribution >= 4 is 23.2 Å². The van der Waals surface area contributed by atoms with Crippen LogP contribution in [0.2, 0.25) is 0 Å². The molecule has 1 aromatic carbocycles. The van der Waals surface area contributed by atoms with Crippen LogP contribution in [0.15, 0.2) is 42.9 Å². The molecule has 11 heteroatoms. The van der Waals surface area contributed by atoms with Gasteiger partial charge in [-0.1, -0.05) is 0 Å². The number of aryl methyl sites for hydroxylation is 1. The summed E-state index contributed by atoms with van der Waals surface area (Å²) >= 11 is 0. The maximum absolute atomic E-state index is 13.4. The van der Waals surface area contributed by atoms with E-state index in [0.717, 1.165) is 24.3 Å². The number of aromatic nitrogens is 3. The van der Waals surface area contributed by atoms with Gasteiger partial charge in [-0.25, -0.2) is 15.0 Å². The van der Waals surface area contributed by atoms with Crippen LogP contribution in [0.4, 0.5) is 24.5 Å². The standard InChI is InChI=1S/C23H20F3N5O3/c1-12-8-17-19(21(29-12)34-3)16-9-27-11-28-20(16)13(2)22(33)31(17)10-18(32)30-15-6-4-14(5-7-15)23(24,25)26/h4-9,11,13H,10H2,1-3H3,(H,30,32). The Labute approximate surface area is 192 Å². The number of alkyl halides is 3. The molecule has 3 heterocycles. The van der Waals surface area contributed by atoms with E-state index in [-0.39, 0.29) is 24.0 Å². The summed E-state index contributed by atoms with van der Waals surface area (Å²) in [6.45, 7) is 3.02. The Morgan fingerprint density at radius 1 is 1.24 bits per heavy atom. The molecule has 0 bridgehead atoms. The van der Waals surface area contributed by atoms with Gasteiger partial charge in [0.25, 0.3) is 0 Å². The zero-order chi connectivity index (χ0) is 24.6. The number of benzene rings is 1. The van der Waals surface area contributed by atoms with Crippen molar-refractivity contribution in [2.24, 2.45) is 0 Å². The van der Waals surface area contributed by atoms with E-state index < -0.39 is 23.6 Å². The molecule has 0 saturated heterocycles. The average molecular weight is 471 g/mol.